The van der Waals surface area contributed by atoms with Crippen LogP contribution in [0.1, 0.15) is 36.8 Å². The molecule has 0 fully saturated rings. The number of rotatable bonds is 7. The molecule has 5 heteroatoms. The number of aryl methyl sites for hydroxylation is 1. The minimum atomic E-state index is 0.0397. The first-order chi connectivity index (χ1) is 16.0. The van der Waals surface area contributed by atoms with Crippen LogP contribution in [0.2, 0.25) is 0 Å². The Labute approximate surface area is 195 Å². The minimum absolute atomic E-state index is 0.0397. The Hall–Kier alpha value is -3.86. The second-order valence-corrected chi connectivity index (χ2v) is 7.96. The first kappa shape index (κ1) is 22.3. The molecule has 4 rings (SSSR count). The fraction of sp³-hybridized carbons (Fsp3) is 0.214. The van der Waals surface area contributed by atoms with Gasteiger partial charge in [-0.15, -0.1) is 0 Å². The highest BCUT2D eigenvalue weighted by molar-refractivity contribution is 5.92. The van der Waals surface area contributed by atoms with Gasteiger partial charge >= 0.3 is 0 Å². The first-order valence-corrected chi connectivity index (χ1v) is 11.0. The van der Waals surface area contributed by atoms with Crippen LogP contribution in [-0.4, -0.2) is 24.2 Å². The van der Waals surface area contributed by atoms with Crippen LogP contribution in [0.4, 0.5) is 5.82 Å². The minimum Gasteiger partial charge on any atom is -0.493 e. The number of allylic oxidation sites excluding steroid dienone is 1. The molecule has 4 aromatic rings. The van der Waals surface area contributed by atoms with Crippen molar-refractivity contribution in [2.75, 3.05) is 19.5 Å². The van der Waals surface area contributed by atoms with Gasteiger partial charge in [0.1, 0.15) is 11.6 Å². The number of methoxy groups -OCH3 is 2. The van der Waals surface area contributed by atoms with Crippen molar-refractivity contribution in [2.24, 2.45) is 0 Å². The lowest BCUT2D eigenvalue weighted by atomic mass is 9.99. The highest BCUT2D eigenvalue weighted by atomic mass is 16.5. The lowest BCUT2D eigenvalue weighted by Crippen LogP contribution is -2.10. The maximum atomic E-state index is 5.49. The highest BCUT2D eigenvalue weighted by Gasteiger charge is 2.15. The molecule has 0 aliphatic heterocycles. The number of benzene rings is 3. The van der Waals surface area contributed by atoms with Crippen LogP contribution in [0.15, 0.2) is 66.7 Å². The quantitative estimate of drug-likeness (QED) is 0.342. The summed E-state index contributed by atoms with van der Waals surface area (Å²) in [4.78, 5) is 9.26. The van der Waals surface area contributed by atoms with Crippen molar-refractivity contribution in [1.29, 1.82) is 0 Å². The summed E-state index contributed by atoms with van der Waals surface area (Å²) < 4.78 is 10.9. The lowest BCUT2D eigenvalue weighted by Gasteiger charge is -2.18. The van der Waals surface area contributed by atoms with Gasteiger partial charge in [0, 0.05) is 17.5 Å². The summed E-state index contributed by atoms with van der Waals surface area (Å²) in [6.45, 7) is 6.06. The van der Waals surface area contributed by atoms with Crippen LogP contribution in [0.5, 0.6) is 11.5 Å². The zero-order valence-corrected chi connectivity index (χ0v) is 19.7. The molecule has 1 atom stereocenters. The molecule has 0 saturated carbocycles. The second kappa shape index (κ2) is 9.74. The number of nitrogens with zero attached hydrogens (tertiary/aromatic N) is 2. The van der Waals surface area contributed by atoms with E-state index in [0.29, 0.717) is 17.3 Å². The molecule has 33 heavy (non-hydrogen) atoms. The Morgan fingerprint density at radius 1 is 0.879 bits per heavy atom. The molecular formula is C28H29N3O2. The molecule has 0 bridgehead atoms. The average molecular weight is 440 g/mol. The van der Waals surface area contributed by atoms with E-state index in [1.807, 2.05) is 32.1 Å². The molecular weight excluding hydrogens is 410 g/mol. The number of ether oxygens (including phenoxy) is 2. The normalized spacial score (nSPS) is 12.2. The average Bonchev–Trinajstić information content (AvgIpc) is 2.84. The third-order valence-corrected chi connectivity index (χ3v) is 5.66. The van der Waals surface area contributed by atoms with Crippen molar-refractivity contribution < 1.29 is 9.47 Å². The van der Waals surface area contributed by atoms with E-state index in [-0.39, 0.29) is 6.04 Å². The summed E-state index contributed by atoms with van der Waals surface area (Å²) in [5.74, 6) is 2.76. The molecule has 5 nitrogen and oxygen atoms in total. The van der Waals surface area contributed by atoms with Crippen LogP contribution in [0.25, 0.3) is 28.1 Å². The van der Waals surface area contributed by atoms with E-state index in [9.17, 15) is 0 Å². The van der Waals surface area contributed by atoms with Gasteiger partial charge in [-0.2, -0.15) is 0 Å². The smallest absolute Gasteiger partial charge is 0.162 e. The topological polar surface area (TPSA) is 56.3 Å². The Kier molecular flexibility index (Phi) is 6.59. The maximum absolute atomic E-state index is 5.49. The maximum Gasteiger partial charge on any atom is 0.162 e. The third-order valence-electron chi connectivity index (χ3n) is 5.66. The standard InChI is InChI=1S/C28H29N3O2/c1-6-8-20-11-13-21(14-12-20)23-10-7-9-22(15-23)18(2)29-28-24-16-26(32-4)27(33-5)17-25(24)30-19(3)31-28/h6-18H,1-5H3,(H,29,30,31)/b8-6+/t18-/m1/s1. The van der Waals surface area contributed by atoms with Crippen molar-refractivity contribution in [3.63, 3.8) is 0 Å². The van der Waals surface area contributed by atoms with Gasteiger partial charge in [0.2, 0.25) is 0 Å². The Morgan fingerprint density at radius 2 is 1.61 bits per heavy atom. The van der Waals surface area contributed by atoms with Crippen LogP contribution in [-0.2, 0) is 0 Å². The fourth-order valence-electron chi connectivity index (χ4n) is 3.94. The van der Waals surface area contributed by atoms with E-state index >= 15 is 0 Å². The van der Waals surface area contributed by atoms with Gasteiger partial charge in [0.15, 0.2) is 11.5 Å². The zero-order chi connectivity index (χ0) is 23.4. The summed E-state index contributed by atoms with van der Waals surface area (Å²) in [6, 6.07) is 21.0. The molecule has 3 aromatic carbocycles. The zero-order valence-electron chi connectivity index (χ0n) is 19.7. The van der Waals surface area contributed by atoms with E-state index in [1.54, 1.807) is 14.2 Å². The third kappa shape index (κ3) is 4.82. The number of hydrogen-bond donors (Lipinski definition) is 1. The van der Waals surface area contributed by atoms with E-state index < -0.39 is 0 Å². The second-order valence-electron chi connectivity index (χ2n) is 7.96. The summed E-state index contributed by atoms with van der Waals surface area (Å²) >= 11 is 0. The largest absolute Gasteiger partial charge is 0.493 e. The van der Waals surface area contributed by atoms with Crippen LogP contribution in [0.3, 0.4) is 0 Å². The van der Waals surface area contributed by atoms with Gasteiger partial charge in [-0.1, -0.05) is 54.6 Å². The number of anilines is 1. The van der Waals surface area contributed by atoms with Gasteiger partial charge in [-0.3, -0.25) is 0 Å². The van der Waals surface area contributed by atoms with E-state index in [1.165, 1.54) is 22.3 Å². The molecule has 0 aliphatic rings. The van der Waals surface area contributed by atoms with Crippen molar-refractivity contribution in [3.05, 3.63) is 83.7 Å². The molecule has 0 unspecified atom stereocenters. The van der Waals surface area contributed by atoms with Gasteiger partial charge in [-0.25, -0.2) is 9.97 Å². The fourth-order valence-corrected chi connectivity index (χ4v) is 3.94. The molecule has 168 valence electrons. The van der Waals surface area contributed by atoms with Crippen molar-refractivity contribution in [3.8, 4) is 22.6 Å². The number of fused-ring (bicyclic) bond motifs is 1. The number of aromatic nitrogens is 2. The van der Waals surface area contributed by atoms with Crippen molar-refractivity contribution >= 4 is 22.8 Å². The SMILES string of the molecule is C/C=C/c1ccc(-c2cccc([C@@H](C)Nc3nc(C)nc4cc(OC)c(OC)cc34)c2)cc1. The summed E-state index contributed by atoms with van der Waals surface area (Å²) in [6.07, 6.45) is 4.15. The van der Waals surface area contributed by atoms with Gasteiger partial charge in [0.05, 0.1) is 19.7 Å². The highest BCUT2D eigenvalue weighted by Crippen LogP contribution is 2.35. The molecule has 0 aliphatic carbocycles. The monoisotopic (exact) mass is 439 g/mol. The number of hydrogen-bond acceptors (Lipinski definition) is 5. The molecule has 0 radical (unpaired) electrons. The predicted molar refractivity (Wildman–Crippen MR) is 136 cm³/mol. The van der Waals surface area contributed by atoms with E-state index in [4.69, 9.17) is 9.47 Å². The summed E-state index contributed by atoms with van der Waals surface area (Å²) in [7, 11) is 3.25. The summed E-state index contributed by atoms with van der Waals surface area (Å²) in [5.41, 5.74) is 5.56. The first-order valence-electron chi connectivity index (χ1n) is 11.0. The lowest BCUT2D eigenvalue weighted by molar-refractivity contribution is 0.356. The van der Waals surface area contributed by atoms with Crippen LogP contribution in [0, 0.1) is 6.92 Å². The molecule has 1 heterocycles. The summed E-state index contributed by atoms with van der Waals surface area (Å²) in [5, 5.41) is 4.47. The van der Waals surface area contributed by atoms with E-state index in [0.717, 1.165) is 16.7 Å². The van der Waals surface area contributed by atoms with Crippen LogP contribution >= 0.6 is 0 Å². The Balaban J connectivity index is 1.66. The van der Waals surface area contributed by atoms with Crippen molar-refractivity contribution in [2.45, 2.75) is 26.8 Å². The van der Waals surface area contributed by atoms with E-state index in [2.05, 4.69) is 76.8 Å². The van der Waals surface area contributed by atoms with Gasteiger partial charge in [-0.05, 0) is 55.2 Å². The molecule has 1 aromatic heterocycles. The molecule has 0 spiro atoms. The van der Waals surface area contributed by atoms with Gasteiger partial charge in [0.25, 0.3) is 0 Å². The predicted octanol–water partition coefficient (Wildman–Crippen LogP) is 6.83. The number of nitrogens with one attached hydrogen (secondary N) is 1. The Bertz CT molecular complexity index is 1300. The molecule has 0 amide bonds. The van der Waals surface area contributed by atoms with Crippen LogP contribution < -0.4 is 14.8 Å². The molecule has 0 saturated heterocycles. The van der Waals surface area contributed by atoms with Crippen molar-refractivity contribution in [1.82, 2.24) is 9.97 Å². The molecule has 1 N–H and O–H groups in total. The Morgan fingerprint density at radius 3 is 2.30 bits per heavy atom. The van der Waals surface area contributed by atoms with Gasteiger partial charge < -0.3 is 14.8 Å².